The summed E-state index contributed by atoms with van der Waals surface area (Å²) in [4.78, 5) is 16.4. The average Bonchev–Trinajstić information content (AvgIpc) is 3.16. The lowest BCUT2D eigenvalue weighted by Crippen LogP contribution is -2.49. The van der Waals surface area contributed by atoms with Crippen LogP contribution in [0.4, 0.5) is 0 Å². The molecule has 0 unspecified atom stereocenters. The van der Waals surface area contributed by atoms with Crippen molar-refractivity contribution in [3.8, 4) is 11.5 Å². The molecule has 3 rings (SSSR count). The molecule has 0 atom stereocenters. The van der Waals surface area contributed by atoms with E-state index in [0.717, 1.165) is 44.2 Å². The zero-order chi connectivity index (χ0) is 16.8. The lowest BCUT2D eigenvalue weighted by molar-refractivity contribution is 0.0614. The number of rotatable bonds is 6. The van der Waals surface area contributed by atoms with Crippen LogP contribution in [-0.4, -0.2) is 72.3 Å². The highest BCUT2D eigenvalue weighted by molar-refractivity contribution is 5.92. The molecule has 24 heavy (non-hydrogen) atoms. The molecule has 1 amide bonds. The number of H-pyrrole nitrogens is 1. The predicted octanol–water partition coefficient (Wildman–Crippen LogP) is 1.26. The molecule has 1 aromatic heterocycles. The maximum atomic E-state index is 12.2. The van der Waals surface area contributed by atoms with Crippen molar-refractivity contribution in [2.75, 3.05) is 46.4 Å². The standard InChI is InChI=1S/C17H22N4O3/c1-23-14-3-2-4-15(13-14)24-12-11-20-7-9-21(10-8-20)17(22)16-5-6-18-19-16/h2-6,13H,7-12H2,1H3,(H,18,19). The first-order valence-electron chi connectivity index (χ1n) is 8.04. The molecule has 0 spiro atoms. The maximum Gasteiger partial charge on any atom is 0.271 e. The van der Waals surface area contributed by atoms with Gasteiger partial charge in [0.1, 0.15) is 23.8 Å². The summed E-state index contributed by atoms with van der Waals surface area (Å²) in [6, 6.07) is 9.30. The van der Waals surface area contributed by atoms with Gasteiger partial charge in [0.15, 0.2) is 0 Å². The van der Waals surface area contributed by atoms with Gasteiger partial charge in [-0.3, -0.25) is 14.8 Å². The number of aromatic amines is 1. The van der Waals surface area contributed by atoms with E-state index >= 15 is 0 Å². The molecule has 2 heterocycles. The number of carbonyl (C=O) groups excluding carboxylic acids is 1. The zero-order valence-corrected chi connectivity index (χ0v) is 13.8. The molecule has 1 N–H and O–H groups in total. The van der Waals surface area contributed by atoms with Crippen LogP contribution in [0, 0.1) is 0 Å². The van der Waals surface area contributed by atoms with Crippen molar-refractivity contribution in [3.05, 3.63) is 42.2 Å². The van der Waals surface area contributed by atoms with Crippen molar-refractivity contribution in [2.45, 2.75) is 0 Å². The zero-order valence-electron chi connectivity index (χ0n) is 13.8. The van der Waals surface area contributed by atoms with Gasteiger partial charge in [0.05, 0.1) is 7.11 Å². The summed E-state index contributed by atoms with van der Waals surface area (Å²) < 4.78 is 11.0. The first kappa shape index (κ1) is 16.3. The Kier molecular flexibility index (Phi) is 5.32. The van der Waals surface area contributed by atoms with Crippen LogP contribution in [0.5, 0.6) is 11.5 Å². The minimum atomic E-state index is 0.0137. The number of hydrogen-bond acceptors (Lipinski definition) is 5. The molecule has 0 aliphatic carbocycles. The van der Waals surface area contributed by atoms with Crippen LogP contribution in [0.1, 0.15) is 10.5 Å². The highest BCUT2D eigenvalue weighted by atomic mass is 16.5. The molecule has 0 saturated carbocycles. The Balaban J connectivity index is 1.40. The van der Waals surface area contributed by atoms with Crippen LogP contribution in [0.15, 0.2) is 36.5 Å². The van der Waals surface area contributed by atoms with E-state index in [-0.39, 0.29) is 5.91 Å². The van der Waals surface area contributed by atoms with Crippen molar-refractivity contribution < 1.29 is 14.3 Å². The van der Waals surface area contributed by atoms with E-state index in [1.807, 2.05) is 29.2 Å². The molecule has 1 fully saturated rings. The molecule has 1 aliphatic heterocycles. The Hall–Kier alpha value is -2.54. The van der Waals surface area contributed by atoms with E-state index in [4.69, 9.17) is 9.47 Å². The number of methoxy groups -OCH3 is 1. The monoisotopic (exact) mass is 330 g/mol. The van der Waals surface area contributed by atoms with Crippen LogP contribution in [0.3, 0.4) is 0 Å². The fourth-order valence-electron chi connectivity index (χ4n) is 2.70. The summed E-state index contributed by atoms with van der Waals surface area (Å²) in [7, 11) is 1.64. The number of benzene rings is 1. The van der Waals surface area contributed by atoms with Gasteiger partial charge in [-0.05, 0) is 18.2 Å². The van der Waals surface area contributed by atoms with Crippen molar-refractivity contribution in [1.82, 2.24) is 20.0 Å². The molecule has 2 aromatic rings. The molecule has 1 aromatic carbocycles. The highest BCUT2D eigenvalue weighted by Gasteiger charge is 2.22. The number of nitrogens with one attached hydrogen (secondary N) is 1. The number of amides is 1. The van der Waals surface area contributed by atoms with Gasteiger partial charge in [-0.2, -0.15) is 5.10 Å². The lowest BCUT2D eigenvalue weighted by Gasteiger charge is -2.34. The number of aromatic nitrogens is 2. The molecule has 1 aliphatic rings. The summed E-state index contributed by atoms with van der Waals surface area (Å²) >= 11 is 0. The van der Waals surface area contributed by atoms with Crippen LogP contribution >= 0.6 is 0 Å². The van der Waals surface area contributed by atoms with Gasteiger partial charge in [-0.25, -0.2) is 0 Å². The first-order chi connectivity index (χ1) is 11.8. The van der Waals surface area contributed by atoms with Gasteiger partial charge in [-0.1, -0.05) is 6.07 Å². The van der Waals surface area contributed by atoms with Crippen LogP contribution in [0.25, 0.3) is 0 Å². The van der Waals surface area contributed by atoms with Crippen LogP contribution < -0.4 is 9.47 Å². The van der Waals surface area contributed by atoms with E-state index in [9.17, 15) is 4.79 Å². The number of carbonyl (C=O) groups is 1. The van der Waals surface area contributed by atoms with Crippen LogP contribution in [0.2, 0.25) is 0 Å². The van der Waals surface area contributed by atoms with Gasteiger partial charge in [-0.15, -0.1) is 0 Å². The second-order valence-electron chi connectivity index (χ2n) is 5.63. The van der Waals surface area contributed by atoms with Gasteiger partial charge in [0.2, 0.25) is 0 Å². The predicted molar refractivity (Wildman–Crippen MR) is 89.4 cm³/mol. The van der Waals surface area contributed by atoms with Gasteiger partial charge in [0, 0.05) is 45.0 Å². The molecule has 0 radical (unpaired) electrons. The Labute approximate surface area is 141 Å². The molecule has 7 nitrogen and oxygen atoms in total. The fraction of sp³-hybridized carbons (Fsp3) is 0.412. The van der Waals surface area contributed by atoms with Crippen molar-refractivity contribution >= 4 is 5.91 Å². The van der Waals surface area contributed by atoms with Crippen LogP contribution in [-0.2, 0) is 0 Å². The Bertz CT molecular complexity index is 652. The number of nitrogens with zero attached hydrogens (tertiary/aromatic N) is 3. The third kappa shape index (κ3) is 4.05. The number of piperazine rings is 1. The third-order valence-electron chi connectivity index (χ3n) is 4.11. The van der Waals surface area contributed by atoms with Gasteiger partial charge in [0.25, 0.3) is 5.91 Å². The van der Waals surface area contributed by atoms with E-state index in [0.29, 0.717) is 12.3 Å². The summed E-state index contributed by atoms with van der Waals surface area (Å²) in [5.41, 5.74) is 0.546. The summed E-state index contributed by atoms with van der Waals surface area (Å²) in [6.45, 7) is 4.59. The normalized spacial score (nSPS) is 15.3. The molecule has 128 valence electrons. The second kappa shape index (κ2) is 7.83. The van der Waals surface area contributed by atoms with E-state index in [1.165, 1.54) is 0 Å². The SMILES string of the molecule is COc1cccc(OCCN2CCN(C(=O)c3ccn[nH]3)CC2)c1. The smallest absolute Gasteiger partial charge is 0.271 e. The molecule has 0 bridgehead atoms. The van der Waals surface area contributed by atoms with Crippen molar-refractivity contribution in [2.24, 2.45) is 0 Å². The van der Waals surface area contributed by atoms with E-state index in [1.54, 1.807) is 19.4 Å². The topological polar surface area (TPSA) is 70.7 Å². The second-order valence-corrected chi connectivity index (χ2v) is 5.63. The summed E-state index contributed by atoms with van der Waals surface area (Å²) in [6.07, 6.45) is 1.60. The minimum Gasteiger partial charge on any atom is -0.497 e. The molecule has 7 heteroatoms. The lowest BCUT2D eigenvalue weighted by atomic mass is 10.3. The number of ether oxygens (including phenoxy) is 2. The molecular formula is C17H22N4O3. The van der Waals surface area contributed by atoms with E-state index in [2.05, 4.69) is 15.1 Å². The average molecular weight is 330 g/mol. The highest BCUT2D eigenvalue weighted by Crippen LogP contribution is 2.18. The Morgan fingerprint density at radius 2 is 2.00 bits per heavy atom. The molecule has 1 saturated heterocycles. The molecular weight excluding hydrogens is 308 g/mol. The van der Waals surface area contributed by atoms with Gasteiger partial charge < -0.3 is 14.4 Å². The third-order valence-corrected chi connectivity index (χ3v) is 4.11. The van der Waals surface area contributed by atoms with Crippen molar-refractivity contribution in [1.29, 1.82) is 0 Å². The van der Waals surface area contributed by atoms with E-state index < -0.39 is 0 Å². The summed E-state index contributed by atoms with van der Waals surface area (Å²) in [5.74, 6) is 1.61. The fourth-order valence-corrected chi connectivity index (χ4v) is 2.70. The number of hydrogen-bond donors (Lipinski definition) is 1. The Morgan fingerprint density at radius 3 is 2.71 bits per heavy atom. The van der Waals surface area contributed by atoms with Gasteiger partial charge >= 0.3 is 0 Å². The Morgan fingerprint density at radius 1 is 1.21 bits per heavy atom. The largest absolute Gasteiger partial charge is 0.497 e. The van der Waals surface area contributed by atoms with Crippen molar-refractivity contribution in [3.63, 3.8) is 0 Å². The quantitative estimate of drug-likeness (QED) is 0.863. The first-order valence-corrected chi connectivity index (χ1v) is 8.04. The minimum absolute atomic E-state index is 0.0137. The summed E-state index contributed by atoms with van der Waals surface area (Å²) in [5, 5.41) is 6.55. The maximum absolute atomic E-state index is 12.2.